The van der Waals surface area contributed by atoms with Crippen LogP contribution in [0.15, 0.2) is 0 Å². The van der Waals surface area contributed by atoms with E-state index in [9.17, 15) is 5.26 Å². The minimum atomic E-state index is -0.0751. The molecule has 0 amide bonds. The topological polar surface area (TPSA) is 33.0 Å². The highest BCUT2D eigenvalue weighted by atomic mass is 16.5. The van der Waals surface area contributed by atoms with Gasteiger partial charge >= 0.3 is 0 Å². The summed E-state index contributed by atoms with van der Waals surface area (Å²) in [6.45, 7) is 6.04. The van der Waals surface area contributed by atoms with E-state index in [0.717, 1.165) is 38.9 Å². The van der Waals surface area contributed by atoms with E-state index in [4.69, 9.17) is 4.74 Å². The molecule has 0 heterocycles. The van der Waals surface area contributed by atoms with Gasteiger partial charge in [0.05, 0.1) is 11.5 Å². The maximum Gasteiger partial charge on any atom is 0.0690 e. The third-order valence-corrected chi connectivity index (χ3v) is 3.86. The lowest BCUT2D eigenvalue weighted by atomic mass is 9.79. The Morgan fingerprint density at radius 3 is 2.29 bits per heavy atom. The Hall–Kier alpha value is -0.550. The van der Waals surface area contributed by atoms with Gasteiger partial charge in [-0.2, -0.15) is 5.26 Å². The Kier molecular flexibility index (Phi) is 6.58. The van der Waals surface area contributed by atoms with Crippen molar-refractivity contribution in [2.45, 2.75) is 65.2 Å². The summed E-state index contributed by atoms with van der Waals surface area (Å²) in [5, 5.41) is 9.41. The second-order valence-electron chi connectivity index (χ2n) is 5.85. The molecule has 0 aromatic carbocycles. The highest BCUT2D eigenvalue weighted by Crippen LogP contribution is 2.37. The van der Waals surface area contributed by atoms with Crippen LogP contribution < -0.4 is 0 Å². The van der Waals surface area contributed by atoms with E-state index in [1.54, 1.807) is 0 Å². The third kappa shape index (κ3) is 5.55. The fourth-order valence-electron chi connectivity index (χ4n) is 2.51. The smallest absolute Gasteiger partial charge is 0.0690 e. The molecule has 0 aromatic heterocycles. The fraction of sp³-hybridized carbons (Fsp3) is 0.933. The molecule has 98 valence electrons. The van der Waals surface area contributed by atoms with Crippen molar-refractivity contribution < 1.29 is 4.74 Å². The SMILES string of the molecule is CC(C)CCOCCC1(C#N)CCCCCC1. The molecule has 1 saturated carbocycles. The number of rotatable bonds is 6. The lowest BCUT2D eigenvalue weighted by molar-refractivity contribution is 0.0960. The van der Waals surface area contributed by atoms with Gasteiger partial charge in [0.2, 0.25) is 0 Å². The van der Waals surface area contributed by atoms with Crippen molar-refractivity contribution in [1.82, 2.24) is 0 Å². The Morgan fingerprint density at radius 1 is 1.12 bits per heavy atom. The summed E-state index contributed by atoms with van der Waals surface area (Å²) >= 11 is 0. The van der Waals surface area contributed by atoms with Crippen molar-refractivity contribution in [2.75, 3.05) is 13.2 Å². The molecule has 1 fully saturated rings. The molecule has 0 aliphatic heterocycles. The highest BCUT2D eigenvalue weighted by molar-refractivity contribution is 4.99. The van der Waals surface area contributed by atoms with E-state index in [1.807, 2.05) is 0 Å². The van der Waals surface area contributed by atoms with Crippen LogP contribution in [-0.4, -0.2) is 13.2 Å². The minimum Gasteiger partial charge on any atom is -0.381 e. The monoisotopic (exact) mass is 237 g/mol. The maximum atomic E-state index is 9.41. The molecule has 0 aromatic rings. The molecule has 0 bridgehead atoms. The van der Waals surface area contributed by atoms with Gasteiger partial charge < -0.3 is 4.74 Å². The van der Waals surface area contributed by atoms with Gasteiger partial charge in [-0.05, 0) is 31.6 Å². The minimum absolute atomic E-state index is 0.0751. The van der Waals surface area contributed by atoms with Crippen molar-refractivity contribution in [3.8, 4) is 6.07 Å². The summed E-state index contributed by atoms with van der Waals surface area (Å²) in [7, 11) is 0. The van der Waals surface area contributed by atoms with Crippen LogP contribution in [0.5, 0.6) is 0 Å². The van der Waals surface area contributed by atoms with Crippen molar-refractivity contribution in [2.24, 2.45) is 11.3 Å². The van der Waals surface area contributed by atoms with E-state index in [1.165, 1.54) is 25.7 Å². The Morgan fingerprint density at radius 2 is 1.76 bits per heavy atom. The zero-order valence-corrected chi connectivity index (χ0v) is 11.5. The second kappa shape index (κ2) is 7.71. The van der Waals surface area contributed by atoms with E-state index in [-0.39, 0.29) is 5.41 Å². The molecule has 17 heavy (non-hydrogen) atoms. The molecular formula is C15H27NO. The second-order valence-corrected chi connectivity index (χ2v) is 5.85. The lowest BCUT2D eigenvalue weighted by Crippen LogP contribution is -2.20. The molecule has 2 heteroatoms. The molecule has 0 atom stereocenters. The van der Waals surface area contributed by atoms with Gasteiger partial charge in [0.25, 0.3) is 0 Å². The third-order valence-electron chi connectivity index (χ3n) is 3.86. The van der Waals surface area contributed by atoms with E-state index in [2.05, 4.69) is 19.9 Å². The van der Waals surface area contributed by atoms with Gasteiger partial charge in [0, 0.05) is 13.2 Å². The first-order chi connectivity index (χ1) is 8.18. The Bertz CT molecular complexity index is 234. The van der Waals surface area contributed by atoms with Gasteiger partial charge in [-0.15, -0.1) is 0 Å². The maximum absolute atomic E-state index is 9.41. The number of hydrogen-bond donors (Lipinski definition) is 0. The highest BCUT2D eigenvalue weighted by Gasteiger charge is 2.30. The number of ether oxygens (including phenoxy) is 1. The predicted octanol–water partition coefficient (Wildman–Crippen LogP) is 4.30. The molecule has 0 spiro atoms. The molecule has 0 radical (unpaired) electrons. The number of hydrogen-bond acceptors (Lipinski definition) is 2. The zero-order valence-electron chi connectivity index (χ0n) is 11.5. The Balaban J connectivity index is 2.24. The van der Waals surface area contributed by atoms with Crippen LogP contribution in [0.25, 0.3) is 0 Å². The summed E-state index contributed by atoms with van der Waals surface area (Å²) in [5.41, 5.74) is -0.0751. The van der Waals surface area contributed by atoms with Crippen LogP contribution in [0, 0.1) is 22.7 Å². The van der Waals surface area contributed by atoms with Crippen LogP contribution in [-0.2, 0) is 4.74 Å². The quantitative estimate of drug-likeness (QED) is 0.509. The molecule has 0 N–H and O–H groups in total. The predicted molar refractivity (Wildman–Crippen MR) is 70.6 cm³/mol. The summed E-state index contributed by atoms with van der Waals surface area (Å²) in [6, 6.07) is 2.58. The average Bonchev–Trinajstić information content (AvgIpc) is 2.54. The Labute approximate surface area is 106 Å². The van der Waals surface area contributed by atoms with Crippen LogP contribution >= 0.6 is 0 Å². The molecule has 0 unspecified atom stereocenters. The van der Waals surface area contributed by atoms with Gasteiger partial charge in [-0.25, -0.2) is 0 Å². The first-order valence-electron chi connectivity index (χ1n) is 7.17. The van der Waals surface area contributed by atoms with E-state index >= 15 is 0 Å². The van der Waals surface area contributed by atoms with Gasteiger partial charge in [0.1, 0.15) is 0 Å². The van der Waals surface area contributed by atoms with E-state index < -0.39 is 0 Å². The van der Waals surface area contributed by atoms with Gasteiger partial charge in [-0.1, -0.05) is 39.5 Å². The van der Waals surface area contributed by atoms with Crippen LogP contribution in [0.1, 0.15) is 65.2 Å². The normalized spacial score (nSPS) is 19.9. The lowest BCUT2D eigenvalue weighted by Gasteiger charge is -2.24. The molecule has 1 rings (SSSR count). The van der Waals surface area contributed by atoms with E-state index in [0.29, 0.717) is 5.92 Å². The molecular weight excluding hydrogens is 210 g/mol. The van der Waals surface area contributed by atoms with Crippen LogP contribution in [0.2, 0.25) is 0 Å². The van der Waals surface area contributed by atoms with Crippen LogP contribution in [0.4, 0.5) is 0 Å². The van der Waals surface area contributed by atoms with Gasteiger partial charge in [-0.3, -0.25) is 0 Å². The number of nitriles is 1. The van der Waals surface area contributed by atoms with Crippen LogP contribution in [0.3, 0.4) is 0 Å². The van der Waals surface area contributed by atoms with Crippen molar-refractivity contribution in [1.29, 1.82) is 5.26 Å². The van der Waals surface area contributed by atoms with Crippen molar-refractivity contribution >= 4 is 0 Å². The van der Waals surface area contributed by atoms with Gasteiger partial charge in [0.15, 0.2) is 0 Å². The summed E-state index contributed by atoms with van der Waals surface area (Å²) in [6.07, 6.45) is 9.27. The molecule has 2 nitrogen and oxygen atoms in total. The zero-order chi connectivity index (χ0) is 12.6. The average molecular weight is 237 g/mol. The summed E-state index contributed by atoms with van der Waals surface area (Å²) in [4.78, 5) is 0. The standard InChI is InChI=1S/C15H27NO/c1-14(2)7-11-17-12-10-15(13-16)8-5-3-4-6-9-15/h14H,3-12H2,1-2H3. The first kappa shape index (κ1) is 14.5. The van der Waals surface area contributed by atoms with Crippen molar-refractivity contribution in [3.63, 3.8) is 0 Å². The first-order valence-corrected chi connectivity index (χ1v) is 7.17. The largest absolute Gasteiger partial charge is 0.381 e. The summed E-state index contributed by atoms with van der Waals surface area (Å²) in [5.74, 6) is 0.706. The molecule has 1 aliphatic rings. The molecule has 0 saturated heterocycles. The number of nitrogens with zero attached hydrogens (tertiary/aromatic N) is 1. The van der Waals surface area contributed by atoms with Crippen molar-refractivity contribution in [3.05, 3.63) is 0 Å². The summed E-state index contributed by atoms with van der Waals surface area (Å²) < 4.78 is 5.66. The fourth-order valence-corrected chi connectivity index (χ4v) is 2.51. The molecule has 1 aliphatic carbocycles.